The molecule has 0 bridgehead atoms. The number of amides is 1. The number of nitrogens with zero attached hydrogens (tertiary/aromatic N) is 2. The Kier molecular flexibility index (Phi) is 5.25. The molecule has 130 valence electrons. The Morgan fingerprint density at radius 2 is 1.83 bits per heavy atom. The molecule has 0 saturated heterocycles. The third-order valence-electron chi connectivity index (χ3n) is 3.42. The van der Waals surface area contributed by atoms with Crippen molar-refractivity contribution in [1.82, 2.24) is 14.9 Å². The number of rotatable bonds is 6. The molecule has 1 heterocycles. The number of benzene rings is 1. The number of aryl methyl sites for hydroxylation is 2. The lowest BCUT2D eigenvalue weighted by Gasteiger charge is -2.13. The average molecular weight is 351 g/mol. The van der Waals surface area contributed by atoms with Crippen molar-refractivity contribution in [1.29, 1.82) is 0 Å². The van der Waals surface area contributed by atoms with Crippen LogP contribution in [0.3, 0.4) is 0 Å². The zero-order valence-corrected chi connectivity index (χ0v) is 14.9. The Hall–Kier alpha value is -2.39. The fourth-order valence-electron chi connectivity index (χ4n) is 2.22. The van der Waals surface area contributed by atoms with E-state index in [1.165, 1.54) is 0 Å². The van der Waals surface area contributed by atoms with Gasteiger partial charge in [0.05, 0.1) is 17.9 Å². The van der Waals surface area contributed by atoms with Crippen LogP contribution in [-0.2, 0) is 14.8 Å². The van der Waals surface area contributed by atoms with E-state index in [4.69, 9.17) is 0 Å². The van der Waals surface area contributed by atoms with Crippen molar-refractivity contribution < 1.29 is 13.2 Å². The summed E-state index contributed by atoms with van der Waals surface area (Å²) in [6.45, 7) is 2.84. The number of hydrogen-bond acceptors (Lipinski definition) is 5. The number of carbonyl (C=O) groups excluding carboxylic acids is 1. The van der Waals surface area contributed by atoms with Crippen LogP contribution in [-0.4, -0.2) is 45.2 Å². The highest BCUT2D eigenvalue weighted by molar-refractivity contribution is 7.89. The van der Waals surface area contributed by atoms with Crippen LogP contribution in [0.25, 0.3) is 0 Å². The second kappa shape index (κ2) is 7.02. The molecule has 0 aliphatic rings. The Balaban J connectivity index is 1.98. The summed E-state index contributed by atoms with van der Waals surface area (Å²) in [4.78, 5) is 14.0. The van der Waals surface area contributed by atoms with E-state index in [1.807, 2.05) is 31.1 Å². The summed E-state index contributed by atoms with van der Waals surface area (Å²) in [5.74, 6) is -0.449. The van der Waals surface area contributed by atoms with Crippen molar-refractivity contribution in [2.45, 2.75) is 18.7 Å². The number of sulfonamides is 1. The van der Waals surface area contributed by atoms with Gasteiger partial charge in [-0.2, -0.15) is 5.10 Å². The zero-order chi connectivity index (χ0) is 17.9. The largest absolute Gasteiger partial charge is 0.378 e. The molecular weight excluding hydrogens is 330 g/mol. The summed E-state index contributed by atoms with van der Waals surface area (Å²) >= 11 is 0. The molecule has 8 nitrogen and oxygen atoms in total. The van der Waals surface area contributed by atoms with Crippen molar-refractivity contribution in [2.24, 2.45) is 0 Å². The Morgan fingerprint density at radius 1 is 1.21 bits per heavy atom. The van der Waals surface area contributed by atoms with Crippen LogP contribution in [0.5, 0.6) is 0 Å². The molecule has 3 N–H and O–H groups in total. The predicted molar refractivity (Wildman–Crippen MR) is 92.6 cm³/mol. The van der Waals surface area contributed by atoms with Gasteiger partial charge in [-0.15, -0.1) is 0 Å². The SMILES string of the molecule is Cc1n[nH]c(C)c1S(=O)(=O)NCC(=O)Nc1ccc(N(C)C)cc1. The molecule has 1 aromatic carbocycles. The van der Waals surface area contributed by atoms with E-state index in [0.717, 1.165) is 5.69 Å². The summed E-state index contributed by atoms with van der Waals surface area (Å²) in [6, 6.07) is 7.23. The van der Waals surface area contributed by atoms with E-state index in [9.17, 15) is 13.2 Å². The number of nitrogens with one attached hydrogen (secondary N) is 3. The van der Waals surface area contributed by atoms with Crippen LogP contribution >= 0.6 is 0 Å². The maximum Gasteiger partial charge on any atom is 0.244 e. The Bertz CT molecular complexity index is 806. The van der Waals surface area contributed by atoms with Gasteiger partial charge in [0.15, 0.2) is 0 Å². The van der Waals surface area contributed by atoms with E-state index >= 15 is 0 Å². The fourth-order valence-corrected chi connectivity index (χ4v) is 3.57. The number of H-pyrrole nitrogens is 1. The van der Waals surface area contributed by atoms with Crippen LogP contribution in [0.15, 0.2) is 29.2 Å². The number of anilines is 2. The minimum atomic E-state index is -3.79. The van der Waals surface area contributed by atoms with E-state index in [-0.39, 0.29) is 11.4 Å². The molecule has 0 unspecified atom stereocenters. The lowest BCUT2D eigenvalue weighted by Crippen LogP contribution is -2.33. The summed E-state index contributed by atoms with van der Waals surface area (Å²) in [6.07, 6.45) is 0. The Labute approximate surface area is 141 Å². The van der Waals surface area contributed by atoms with Gasteiger partial charge < -0.3 is 10.2 Å². The van der Waals surface area contributed by atoms with Crippen molar-refractivity contribution in [2.75, 3.05) is 30.9 Å². The highest BCUT2D eigenvalue weighted by Crippen LogP contribution is 2.17. The van der Waals surface area contributed by atoms with E-state index < -0.39 is 15.9 Å². The van der Waals surface area contributed by atoms with Gasteiger partial charge in [-0.3, -0.25) is 9.89 Å². The molecule has 24 heavy (non-hydrogen) atoms. The molecule has 0 saturated carbocycles. The standard InChI is InChI=1S/C15H21N5O3S/c1-10-15(11(2)19-18-10)24(22,23)16-9-14(21)17-12-5-7-13(8-6-12)20(3)4/h5-8,16H,9H2,1-4H3,(H,17,21)(H,18,19). The first-order valence-corrected chi connectivity index (χ1v) is 8.77. The van der Waals surface area contributed by atoms with Crippen LogP contribution in [0.1, 0.15) is 11.4 Å². The molecule has 0 atom stereocenters. The molecule has 0 aliphatic heterocycles. The molecule has 1 aromatic heterocycles. The van der Waals surface area contributed by atoms with Gasteiger partial charge >= 0.3 is 0 Å². The fraction of sp³-hybridized carbons (Fsp3) is 0.333. The lowest BCUT2D eigenvalue weighted by molar-refractivity contribution is -0.115. The Morgan fingerprint density at radius 3 is 2.33 bits per heavy atom. The van der Waals surface area contributed by atoms with Gasteiger partial charge in [0.2, 0.25) is 15.9 Å². The maximum absolute atomic E-state index is 12.3. The van der Waals surface area contributed by atoms with Crippen LogP contribution in [0.2, 0.25) is 0 Å². The first-order valence-electron chi connectivity index (χ1n) is 7.29. The van der Waals surface area contributed by atoms with E-state index in [0.29, 0.717) is 17.1 Å². The molecule has 0 fully saturated rings. The van der Waals surface area contributed by atoms with Gasteiger partial charge in [-0.25, -0.2) is 13.1 Å². The minimum absolute atomic E-state index is 0.0747. The first kappa shape index (κ1) is 18.0. The van der Waals surface area contributed by atoms with Crippen LogP contribution in [0.4, 0.5) is 11.4 Å². The average Bonchev–Trinajstić information content (AvgIpc) is 2.85. The molecular formula is C15H21N5O3S. The third-order valence-corrected chi connectivity index (χ3v) is 5.08. The lowest BCUT2D eigenvalue weighted by atomic mass is 10.2. The van der Waals surface area contributed by atoms with Crippen molar-refractivity contribution in [3.63, 3.8) is 0 Å². The third kappa shape index (κ3) is 4.12. The number of carbonyl (C=O) groups is 1. The molecule has 0 spiro atoms. The van der Waals surface area contributed by atoms with Crippen molar-refractivity contribution in [3.8, 4) is 0 Å². The van der Waals surface area contributed by atoms with Gasteiger partial charge in [0.25, 0.3) is 0 Å². The minimum Gasteiger partial charge on any atom is -0.378 e. The van der Waals surface area contributed by atoms with E-state index in [1.54, 1.807) is 26.0 Å². The normalized spacial score (nSPS) is 11.3. The second-order valence-corrected chi connectivity index (χ2v) is 7.28. The van der Waals surface area contributed by atoms with Gasteiger partial charge in [0, 0.05) is 25.5 Å². The van der Waals surface area contributed by atoms with Crippen LogP contribution < -0.4 is 14.9 Å². The summed E-state index contributed by atoms with van der Waals surface area (Å²) in [5.41, 5.74) is 2.39. The van der Waals surface area contributed by atoms with Gasteiger partial charge in [0.1, 0.15) is 4.90 Å². The first-order chi connectivity index (χ1) is 11.2. The quantitative estimate of drug-likeness (QED) is 0.720. The second-order valence-electron chi connectivity index (χ2n) is 5.58. The highest BCUT2D eigenvalue weighted by Gasteiger charge is 2.22. The van der Waals surface area contributed by atoms with E-state index in [2.05, 4.69) is 20.2 Å². The molecule has 2 rings (SSSR count). The maximum atomic E-state index is 12.3. The number of aromatic nitrogens is 2. The van der Waals surface area contributed by atoms with Crippen molar-refractivity contribution >= 4 is 27.3 Å². The predicted octanol–water partition coefficient (Wildman–Crippen LogP) is 1.01. The molecule has 1 amide bonds. The summed E-state index contributed by atoms with van der Waals surface area (Å²) < 4.78 is 26.8. The number of hydrogen-bond donors (Lipinski definition) is 3. The zero-order valence-electron chi connectivity index (χ0n) is 14.0. The monoisotopic (exact) mass is 351 g/mol. The van der Waals surface area contributed by atoms with Crippen molar-refractivity contribution in [3.05, 3.63) is 35.7 Å². The smallest absolute Gasteiger partial charge is 0.244 e. The number of aromatic amines is 1. The molecule has 2 aromatic rings. The molecule has 0 aliphatic carbocycles. The topological polar surface area (TPSA) is 107 Å². The van der Waals surface area contributed by atoms with Gasteiger partial charge in [-0.1, -0.05) is 0 Å². The summed E-state index contributed by atoms with van der Waals surface area (Å²) in [5, 5.41) is 9.11. The highest BCUT2D eigenvalue weighted by atomic mass is 32.2. The van der Waals surface area contributed by atoms with Crippen LogP contribution in [0, 0.1) is 13.8 Å². The summed E-state index contributed by atoms with van der Waals surface area (Å²) in [7, 11) is 0.0429. The van der Waals surface area contributed by atoms with Gasteiger partial charge in [-0.05, 0) is 38.1 Å². The molecule has 9 heteroatoms. The molecule has 0 radical (unpaired) electrons.